The number of carbonyl (C=O) groups is 1. The van der Waals surface area contributed by atoms with Crippen LogP contribution in [-0.2, 0) is 17.8 Å². The third kappa shape index (κ3) is 3.97. The second kappa shape index (κ2) is 7.34. The summed E-state index contributed by atoms with van der Waals surface area (Å²) in [5.41, 5.74) is 3.03. The van der Waals surface area contributed by atoms with Crippen LogP contribution in [-0.4, -0.2) is 29.6 Å². The zero-order valence-corrected chi connectivity index (χ0v) is 15.7. The van der Waals surface area contributed by atoms with Crippen molar-refractivity contribution in [1.29, 1.82) is 0 Å². The van der Waals surface area contributed by atoms with Gasteiger partial charge in [0.1, 0.15) is 12.4 Å². The Kier molecular flexibility index (Phi) is 5.14. The van der Waals surface area contributed by atoms with E-state index in [1.807, 2.05) is 75.5 Å². The molecule has 0 radical (unpaired) electrons. The number of carbonyl (C=O) groups excluding carboxylic acids is 1. The van der Waals surface area contributed by atoms with Crippen LogP contribution in [0.3, 0.4) is 0 Å². The fraction of sp³-hybridized carbons (Fsp3) is 0.318. The van der Waals surface area contributed by atoms with Gasteiger partial charge in [0.15, 0.2) is 0 Å². The summed E-state index contributed by atoms with van der Waals surface area (Å²) in [4.78, 5) is 14.1. The van der Waals surface area contributed by atoms with Crippen molar-refractivity contribution in [2.75, 3.05) is 7.05 Å². The summed E-state index contributed by atoms with van der Waals surface area (Å²) in [6.45, 7) is 8.32. The highest BCUT2D eigenvalue weighted by molar-refractivity contribution is 5.85. The number of nitrogens with zero attached hydrogens (tertiary/aromatic N) is 1. The number of likely N-dealkylation sites (N-methyl/N-ethyl adjacent to an activating group) is 1. The Morgan fingerprint density at radius 2 is 1.73 bits per heavy atom. The molecule has 4 heteroatoms. The first kappa shape index (κ1) is 18.2. The van der Waals surface area contributed by atoms with E-state index < -0.39 is 0 Å². The van der Waals surface area contributed by atoms with Gasteiger partial charge in [0, 0.05) is 7.05 Å². The predicted octanol–water partition coefficient (Wildman–Crippen LogP) is 3.62. The number of hydrogen-bond donors (Lipinski definition) is 1. The summed E-state index contributed by atoms with van der Waals surface area (Å²) < 4.78 is 5.85. The molecule has 0 unspecified atom stereocenters. The Hall–Kier alpha value is -2.59. The third-order valence-electron chi connectivity index (χ3n) is 4.98. The second-order valence-corrected chi connectivity index (χ2v) is 7.24. The van der Waals surface area contributed by atoms with E-state index in [0.717, 1.165) is 22.4 Å². The lowest BCUT2D eigenvalue weighted by atomic mass is 10.1. The van der Waals surface area contributed by atoms with Crippen LogP contribution in [0.2, 0.25) is 0 Å². The number of nitrogens with one attached hydrogen (secondary N) is 1. The summed E-state index contributed by atoms with van der Waals surface area (Å²) in [7, 11) is 1.84. The van der Waals surface area contributed by atoms with Crippen molar-refractivity contribution in [3.8, 4) is 5.75 Å². The van der Waals surface area contributed by atoms with Crippen molar-refractivity contribution in [1.82, 2.24) is 10.2 Å². The van der Waals surface area contributed by atoms with Gasteiger partial charge in [-0.2, -0.15) is 0 Å². The molecule has 0 saturated carbocycles. The molecule has 1 aliphatic rings. The van der Waals surface area contributed by atoms with Gasteiger partial charge >= 0.3 is 0 Å². The Morgan fingerprint density at radius 3 is 2.27 bits per heavy atom. The molecule has 2 aromatic rings. The molecule has 1 fully saturated rings. The lowest BCUT2D eigenvalue weighted by Gasteiger charge is -2.27. The molecule has 1 saturated heterocycles. The molecule has 136 valence electrons. The summed E-state index contributed by atoms with van der Waals surface area (Å²) in [6, 6.07) is 15.9. The molecule has 1 aliphatic heterocycles. The fourth-order valence-electron chi connectivity index (χ4n) is 3.11. The van der Waals surface area contributed by atoms with Crippen molar-refractivity contribution in [2.45, 2.75) is 38.6 Å². The second-order valence-electron chi connectivity index (χ2n) is 7.24. The molecule has 0 aliphatic carbocycles. The number of amides is 1. The first-order valence-electron chi connectivity index (χ1n) is 8.87. The molecule has 1 amide bonds. The first-order valence-corrected chi connectivity index (χ1v) is 8.87. The number of ether oxygens (including phenoxy) is 1. The molecular weight excluding hydrogens is 324 g/mol. The van der Waals surface area contributed by atoms with Crippen molar-refractivity contribution < 1.29 is 9.53 Å². The summed E-state index contributed by atoms with van der Waals surface area (Å²) in [5.74, 6) is 0.961. The van der Waals surface area contributed by atoms with Gasteiger partial charge in [-0.25, -0.2) is 0 Å². The normalized spacial score (nSPS) is 18.8. The zero-order valence-electron chi connectivity index (χ0n) is 15.7. The van der Waals surface area contributed by atoms with E-state index in [9.17, 15) is 4.79 Å². The molecule has 1 heterocycles. The van der Waals surface area contributed by atoms with E-state index in [2.05, 4.69) is 11.9 Å². The van der Waals surface area contributed by atoms with Crippen LogP contribution >= 0.6 is 0 Å². The highest BCUT2D eigenvalue weighted by Gasteiger charge is 2.41. The van der Waals surface area contributed by atoms with Gasteiger partial charge in [0.2, 0.25) is 5.91 Å². The summed E-state index contributed by atoms with van der Waals surface area (Å²) in [5, 5.41) is 3.39. The standard InChI is InChI=1S/C22H26N2O2/c1-5-16-6-8-18(9-7-16)15-26-19-12-10-17(11-13-19)14-20-21(25)24(4)22(2,3)23-20/h5-13,20,23H,1,14-15H2,2-4H3/t20-/m1/s1. The first-order chi connectivity index (χ1) is 12.4. The minimum Gasteiger partial charge on any atom is -0.489 e. The van der Waals surface area contributed by atoms with Crippen LogP contribution in [0.1, 0.15) is 30.5 Å². The van der Waals surface area contributed by atoms with Gasteiger partial charge in [-0.15, -0.1) is 0 Å². The monoisotopic (exact) mass is 350 g/mol. The van der Waals surface area contributed by atoms with Crippen LogP contribution in [0.15, 0.2) is 55.1 Å². The molecule has 0 spiro atoms. The fourth-order valence-corrected chi connectivity index (χ4v) is 3.11. The van der Waals surface area contributed by atoms with Crippen LogP contribution in [0.4, 0.5) is 0 Å². The van der Waals surface area contributed by atoms with Gasteiger partial charge in [0.25, 0.3) is 0 Å². The van der Waals surface area contributed by atoms with Gasteiger partial charge in [-0.05, 0) is 49.1 Å². The SMILES string of the molecule is C=Cc1ccc(COc2ccc(C[C@H]3NC(C)(C)N(C)C3=O)cc2)cc1. The minimum atomic E-state index is -0.300. The Bertz CT molecular complexity index is 779. The maximum absolute atomic E-state index is 12.3. The zero-order chi connectivity index (χ0) is 18.7. The maximum atomic E-state index is 12.3. The number of hydrogen-bond acceptors (Lipinski definition) is 3. The van der Waals surface area contributed by atoms with Crippen LogP contribution in [0.5, 0.6) is 5.75 Å². The van der Waals surface area contributed by atoms with E-state index in [1.54, 1.807) is 4.90 Å². The Labute approximate surface area is 155 Å². The van der Waals surface area contributed by atoms with Gasteiger partial charge in [0.05, 0.1) is 11.7 Å². The smallest absolute Gasteiger partial charge is 0.241 e. The molecule has 4 nitrogen and oxygen atoms in total. The lowest BCUT2D eigenvalue weighted by Crippen LogP contribution is -2.45. The van der Waals surface area contributed by atoms with E-state index in [0.29, 0.717) is 13.0 Å². The number of rotatable bonds is 6. The molecule has 1 atom stereocenters. The lowest BCUT2D eigenvalue weighted by molar-refractivity contribution is -0.129. The minimum absolute atomic E-state index is 0.137. The summed E-state index contributed by atoms with van der Waals surface area (Å²) in [6.07, 6.45) is 2.50. The van der Waals surface area contributed by atoms with E-state index in [1.165, 1.54) is 0 Å². The van der Waals surface area contributed by atoms with Crippen LogP contribution in [0.25, 0.3) is 6.08 Å². The predicted molar refractivity (Wildman–Crippen MR) is 105 cm³/mol. The van der Waals surface area contributed by atoms with E-state index in [-0.39, 0.29) is 17.6 Å². The van der Waals surface area contributed by atoms with Crippen molar-refractivity contribution in [3.63, 3.8) is 0 Å². The summed E-state index contributed by atoms with van der Waals surface area (Å²) >= 11 is 0. The molecule has 1 N–H and O–H groups in total. The van der Waals surface area contributed by atoms with Gasteiger partial charge in [-0.3, -0.25) is 10.1 Å². The van der Waals surface area contributed by atoms with Crippen LogP contribution in [0, 0.1) is 0 Å². The quantitative estimate of drug-likeness (QED) is 0.865. The van der Waals surface area contributed by atoms with E-state index in [4.69, 9.17) is 4.74 Å². The Balaban J connectivity index is 1.56. The third-order valence-corrected chi connectivity index (χ3v) is 4.98. The molecule has 0 bridgehead atoms. The molecule has 3 rings (SSSR count). The average Bonchev–Trinajstić information content (AvgIpc) is 2.84. The van der Waals surface area contributed by atoms with Gasteiger partial charge < -0.3 is 9.64 Å². The highest BCUT2D eigenvalue weighted by atomic mass is 16.5. The highest BCUT2D eigenvalue weighted by Crippen LogP contribution is 2.22. The van der Waals surface area contributed by atoms with Crippen molar-refractivity contribution in [2.24, 2.45) is 0 Å². The largest absolute Gasteiger partial charge is 0.489 e. The van der Waals surface area contributed by atoms with Crippen molar-refractivity contribution >= 4 is 12.0 Å². The van der Waals surface area contributed by atoms with Crippen molar-refractivity contribution in [3.05, 3.63) is 71.8 Å². The van der Waals surface area contributed by atoms with Crippen LogP contribution < -0.4 is 10.1 Å². The maximum Gasteiger partial charge on any atom is 0.241 e. The molecule has 26 heavy (non-hydrogen) atoms. The Morgan fingerprint density at radius 1 is 1.12 bits per heavy atom. The van der Waals surface area contributed by atoms with E-state index >= 15 is 0 Å². The van der Waals surface area contributed by atoms with Gasteiger partial charge in [-0.1, -0.05) is 49.1 Å². The number of benzene rings is 2. The average molecular weight is 350 g/mol. The molecule has 2 aromatic carbocycles. The molecule has 0 aromatic heterocycles. The topological polar surface area (TPSA) is 41.6 Å². The molecular formula is C22H26N2O2.